The van der Waals surface area contributed by atoms with E-state index in [4.69, 9.17) is 0 Å². The molecule has 1 heterocycles. The third kappa shape index (κ3) is 4.78. The van der Waals surface area contributed by atoms with Crippen LogP contribution in [0.1, 0.15) is 25.5 Å². The van der Waals surface area contributed by atoms with Gasteiger partial charge in [-0.2, -0.15) is 0 Å². The summed E-state index contributed by atoms with van der Waals surface area (Å²) in [6.07, 6.45) is 0. The SMILES string of the molecule is CC(C)CN(C)C(=O)[C@H](c1ccccc1)N1CCS(=O)(=O)CC1. The number of sulfone groups is 1. The Kier molecular flexibility index (Phi) is 5.81. The number of rotatable bonds is 5. The maximum absolute atomic E-state index is 13.0. The van der Waals surface area contributed by atoms with Gasteiger partial charge in [0.1, 0.15) is 6.04 Å². The number of likely N-dealkylation sites (N-methyl/N-ethyl adjacent to an activating group) is 1. The van der Waals surface area contributed by atoms with Crippen molar-refractivity contribution >= 4 is 15.7 Å². The highest BCUT2D eigenvalue weighted by molar-refractivity contribution is 7.91. The van der Waals surface area contributed by atoms with Crippen LogP contribution in [-0.2, 0) is 14.6 Å². The fraction of sp³-hybridized carbons (Fsp3) is 0.588. The van der Waals surface area contributed by atoms with E-state index in [9.17, 15) is 13.2 Å². The molecule has 0 bridgehead atoms. The van der Waals surface area contributed by atoms with Crippen molar-refractivity contribution in [3.8, 4) is 0 Å². The van der Waals surface area contributed by atoms with E-state index in [-0.39, 0.29) is 17.4 Å². The van der Waals surface area contributed by atoms with Crippen LogP contribution in [0.25, 0.3) is 0 Å². The molecular formula is C17H26N2O3S. The van der Waals surface area contributed by atoms with E-state index in [1.54, 1.807) is 4.90 Å². The topological polar surface area (TPSA) is 57.7 Å². The molecule has 5 nitrogen and oxygen atoms in total. The van der Waals surface area contributed by atoms with Crippen molar-refractivity contribution < 1.29 is 13.2 Å². The van der Waals surface area contributed by atoms with Gasteiger partial charge in [-0.05, 0) is 11.5 Å². The zero-order valence-electron chi connectivity index (χ0n) is 14.1. The third-order valence-electron chi connectivity index (χ3n) is 4.11. The summed E-state index contributed by atoms with van der Waals surface area (Å²) in [5.41, 5.74) is 0.924. The van der Waals surface area contributed by atoms with Crippen molar-refractivity contribution in [2.75, 3.05) is 38.2 Å². The monoisotopic (exact) mass is 338 g/mol. The van der Waals surface area contributed by atoms with Crippen LogP contribution in [0.2, 0.25) is 0 Å². The fourth-order valence-electron chi connectivity index (χ4n) is 2.98. The standard InChI is InChI=1S/C17H26N2O3S/c1-14(2)13-18(3)17(20)16(15-7-5-4-6-8-15)19-9-11-23(21,22)12-10-19/h4-8,14,16H,9-13H2,1-3H3/t16-/m0/s1. The summed E-state index contributed by atoms with van der Waals surface area (Å²) in [7, 11) is -1.14. The minimum atomic E-state index is -2.96. The normalized spacial score (nSPS) is 19.5. The minimum absolute atomic E-state index is 0.0317. The molecule has 0 saturated carbocycles. The Morgan fingerprint density at radius 3 is 2.26 bits per heavy atom. The second kappa shape index (κ2) is 7.45. The number of hydrogen-bond donors (Lipinski definition) is 0. The lowest BCUT2D eigenvalue weighted by Crippen LogP contribution is -2.48. The van der Waals surface area contributed by atoms with Gasteiger partial charge in [-0.15, -0.1) is 0 Å². The molecule has 1 amide bonds. The molecule has 1 aliphatic rings. The Labute approximate surface area is 139 Å². The van der Waals surface area contributed by atoms with E-state index >= 15 is 0 Å². The summed E-state index contributed by atoms with van der Waals surface area (Å²) >= 11 is 0. The largest absolute Gasteiger partial charge is 0.344 e. The van der Waals surface area contributed by atoms with Crippen LogP contribution in [0.4, 0.5) is 0 Å². The number of carbonyl (C=O) groups excluding carboxylic acids is 1. The van der Waals surface area contributed by atoms with Crippen molar-refractivity contribution in [1.29, 1.82) is 0 Å². The van der Waals surface area contributed by atoms with Crippen molar-refractivity contribution in [1.82, 2.24) is 9.80 Å². The number of hydrogen-bond acceptors (Lipinski definition) is 4. The molecule has 1 aromatic carbocycles. The lowest BCUT2D eigenvalue weighted by Gasteiger charge is -2.36. The van der Waals surface area contributed by atoms with Crippen molar-refractivity contribution in [3.05, 3.63) is 35.9 Å². The first-order valence-corrected chi connectivity index (χ1v) is 9.86. The van der Waals surface area contributed by atoms with Crippen LogP contribution in [0.5, 0.6) is 0 Å². The maximum Gasteiger partial charge on any atom is 0.244 e. The van der Waals surface area contributed by atoms with Crippen molar-refractivity contribution in [2.24, 2.45) is 5.92 Å². The highest BCUT2D eigenvalue weighted by Gasteiger charge is 2.33. The lowest BCUT2D eigenvalue weighted by atomic mass is 10.0. The first kappa shape index (κ1) is 17.9. The van der Waals surface area contributed by atoms with Crippen LogP contribution < -0.4 is 0 Å². The Bertz CT molecular complexity index is 614. The summed E-state index contributed by atoms with van der Waals surface area (Å²) < 4.78 is 23.4. The Balaban J connectivity index is 2.24. The summed E-state index contributed by atoms with van der Waals surface area (Å²) in [4.78, 5) is 16.7. The van der Waals surface area contributed by atoms with Gasteiger partial charge in [-0.3, -0.25) is 9.69 Å². The van der Waals surface area contributed by atoms with E-state index in [0.717, 1.165) is 5.56 Å². The van der Waals surface area contributed by atoms with Gasteiger partial charge >= 0.3 is 0 Å². The zero-order valence-corrected chi connectivity index (χ0v) is 14.9. The van der Waals surface area contributed by atoms with E-state index in [1.165, 1.54) is 0 Å². The molecule has 1 atom stereocenters. The van der Waals surface area contributed by atoms with Gasteiger partial charge < -0.3 is 4.90 Å². The van der Waals surface area contributed by atoms with E-state index in [1.807, 2.05) is 42.3 Å². The molecule has 1 fully saturated rings. The summed E-state index contributed by atoms with van der Waals surface area (Å²) in [5, 5.41) is 0. The number of benzene rings is 1. The Morgan fingerprint density at radius 2 is 1.74 bits per heavy atom. The van der Waals surface area contributed by atoms with E-state index in [0.29, 0.717) is 25.6 Å². The van der Waals surface area contributed by atoms with Gasteiger partial charge in [0.2, 0.25) is 5.91 Å². The van der Waals surface area contributed by atoms with Gasteiger partial charge in [0, 0.05) is 26.7 Å². The number of carbonyl (C=O) groups is 1. The number of amides is 1. The molecule has 0 N–H and O–H groups in total. The molecule has 1 saturated heterocycles. The Morgan fingerprint density at radius 1 is 1.17 bits per heavy atom. The predicted molar refractivity (Wildman–Crippen MR) is 91.9 cm³/mol. The second-order valence-electron chi connectivity index (χ2n) is 6.61. The van der Waals surface area contributed by atoms with Crippen LogP contribution >= 0.6 is 0 Å². The molecule has 2 rings (SSSR count). The summed E-state index contributed by atoms with van der Waals surface area (Å²) in [6, 6.07) is 9.22. The fourth-order valence-corrected chi connectivity index (χ4v) is 4.21. The number of nitrogens with zero attached hydrogens (tertiary/aromatic N) is 2. The molecular weight excluding hydrogens is 312 g/mol. The maximum atomic E-state index is 13.0. The lowest BCUT2D eigenvalue weighted by molar-refractivity contribution is -0.136. The smallest absolute Gasteiger partial charge is 0.244 e. The van der Waals surface area contributed by atoms with Gasteiger partial charge in [-0.1, -0.05) is 44.2 Å². The van der Waals surface area contributed by atoms with Gasteiger partial charge in [0.15, 0.2) is 9.84 Å². The molecule has 1 aliphatic heterocycles. The molecule has 23 heavy (non-hydrogen) atoms. The minimum Gasteiger partial charge on any atom is -0.344 e. The molecule has 0 radical (unpaired) electrons. The van der Waals surface area contributed by atoms with E-state index in [2.05, 4.69) is 13.8 Å². The first-order valence-electron chi connectivity index (χ1n) is 8.04. The van der Waals surface area contributed by atoms with Crippen LogP contribution in [0.3, 0.4) is 0 Å². The summed E-state index contributed by atoms with van der Waals surface area (Å²) in [6.45, 7) is 5.66. The van der Waals surface area contributed by atoms with Gasteiger partial charge in [-0.25, -0.2) is 8.42 Å². The average Bonchev–Trinajstić information content (AvgIpc) is 2.49. The van der Waals surface area contributed by atoms with Gasteiger partial charge in [0.25, 0.3) is 0 Å². The zero-order chi connectivity index (χ0) is 17.0. The molecule has 0 spiro atoms. The molecule has 128 valence electrons. The first-order chi connectivity index (χ1) is 10.8. The van der Waals surface area contributed by atoms with Crippen LogP contribution in [-0.4, -0.2) is 62.3 Å². The third-order valence-corrected chi connectivity index (χ3v) is 5.72. The molecule has 0 unspecified atom stereocenters. The molecule has 6 heteroatoms. The van der Waals surface area contributed by atoms with Gasteiger partial charge in [0.05, 0.1) is 11.5 Å². The second-order valence-corrected chi connectivity index (χ2v) is 8.92. The quantitative estimate of drug-likeness (QED) is 0.818. The summed E-state index contributed by atoms with van der Waals surface area (Å²) in [5.74, 6) is 0.668. The average molecular weight is 338 g/mol. The highest BCUT2D eigenvalue weighted by atomic mass is 32.2. The van der Waals surface area contributed by atoms with Crippen molar-refractivity contribution in [3.63, 3.8) is 0 Å². The van der Waals surface area contributed by atoms with Crippen molar-refractivity contribution in [2.45, 2.75) is 19.9 Å². The predicted octanol–water partition coefficient (Wildman–Crippen LogP) is 1.57. The molecule has 0 aliphatic carbocycles. The molecule has 0 aromatic heterocycles. The van der Waals surface area contributed by atoms with E-state index < -0.39 is 15.9 Å². The Hall–Kier alpha value is -1.40. The van der Waals surface area contributed by atoms with Crippen LogP contribution in [0, 0.1) is 5.92 Å². The highest BCUT2D eigenvalue weighted by Crippen LogP contribution is 2.25. The van der Waals surface area contributed by atoms with Crippen LogP contribution in [0.15, 0.2) is 30.3 Å². The molecule has 1 aromatic rings.